The first-order valence-corrected chi connectivity index (χ1v) is 11.1. The van der Waals surface area contributed by atoms with Crippen molar-refractivity contribution in [3.63, 3.8) is 0 Å². The van der Waals surface area contributed by atoms with Gasteiger partial charge in [-0.2, -0.15) is 0 Å². The van der Waals surface area contributed by atoms with Crippen LogP contribution >= 0.6 is 23.5 Å². The third-order valence-electron chi connectivity index (χ3n) is 4.84. The van der Waals surface area contributed by atoms with Crippen molar-refractivity contribution < 1.29 is 24.6 Å². The van der Waals surface area contributed by atoms with Crippen molar-refractivity contribution >= 4 is 41.3 Å². The van der Waals surface area contributed by atoms with Crippen LogP contribution in [0, 0.1) is 0 Å². The molecule has 3 heterocycles. The summed E-state index contributed by atoms with van der Waals surface area (Å²) in [6.45, 7) is 0. The Morgan fingerprint density at radius 1 is 1.35 bits per heavy atom. The molecular formula is C18H18N6O5S2. The van der Waals surface area contributed by atoms with E-state index in [2.05, 4.69) is 20.8 Å². The normalized spacial score (nSPS) is 21.4. The quantitative estimate of drug-likeness (QED) is 0.382. The second-order valence-corrected chi connectivity index (χ2v) is 9.04. The molecule has 31 heavy (non-hydrogen) atoms. The first kappa shape index (κ1) is 21.3. The number of benzene rings is 1. The smallest absolute Gasteiger partial charge is 0.352 e. The predicted molar refractivity (Wildman–Crippen MR) is 110 cm³/mol. The van der Waals surface area contributed by atoms with Crippen molar-refractivity contribution in [1.29, 1.82) is 0 Å². The molecular weight excluding hydrogens is 444 g/mol. The molecule has 0 spiro atoms. The molecule has 0 saturated carbocycles. The fourth-order valence-corrected chi connectivity index (χ4v) is 5.72. The molecule has 2 aliphatic heterocycles. The molecule has 0 bridgehead atoms. The summed E-state index contributed by atoms with van der Waals surface area (Å²) in [7, 11) is 1.65. The van der Waals surface area contributed by atoms with E-state index in [0.717, 1.165) is 0 Å². The second kappa shape index (κ2) is 8.69. The number of hydrogen-bond acceptors (Lipinski definition) is 9. The number of nitrogens with zero attached hydrogens (tertiary/aromatic N) is 5. The molecule has 0 aliphatic carbocycles. The Hall–Kier alpha value is -2.90. The van der Waals surface area contributed by atoms with E-state index in [9.17, 15) is 24.6 Å². The molecule has 2 aliphatic rings. The third-order valence-corrected chi connectivity index (χ3v) is 7.26. The molecule has 2 amide bonds. The highest BCUT2D eigenvalue weighted by Gasteiger charge is 2.49. The maximum absolute atomic E-state index is 12.7. The predicted octanol–water partition coefficient (Wildman–Crippen LogP) is 0.122. The maximum Gasteiger partial charge on any atom is 0.352 e. The van der Waals surface area contributed by atoms with E-state index in [1.807, 2.05) is 0 Å². The van der Waals surface area contributed by atoms with Gasteiger partial charge in [-0.1, -0.05) is 42.1 Å². The molecule has 1 fully saturated rings. The van der Waals surface area contributed by atoms with Gasteiger partial charge >= 0.3 is 5.97 Å². The number of carbonyl (C=O) groups excluding carboxylic acids is 2. The number of thioether (sulfide) groups is 2. The van der Waals surface area contributed by atoms with Crippen LogP contribution in [0.1, 0.15) is 18.1 Å². The maximum atomic E-state index is 12.7. The van der Waals surface area contributed by atoms with E-state index in [4.69, 9.17) is 0 Å². The number of β-lactam (4-membered cyclic amide) rings is 1. The highest BCUT2D eigenvalue weighted by atomic mass is 32.2. The van der Waals surface area contributed by atoms with Gasteiger partial charge in [0, 0.05) is 18.4 Å². The SMILES string of the molecule is Cn1nnnc1SCC1=C(C(=O)O)N2C(=O)C[C@H]2SC1NC(=O)[C@H](O)c1ccccc1. The number of carboxylic acids is 1. The highest BCUT2D eigenvalue weighted by molar-refractivity contribution is 8.01. The standard InChI is InChI=1S/C18H18N6O5S2/c1-23-18(20-21-22-23)30-8-10-13(17(28)29)24-11(25)7-12(24)31-16(10)19-15(27)14(26)9-5-3-2-4-6-9/h2-6,12,14,16,26H,7-8H2,1H3,(H,19,27)(H,28,29)/t12-,14-,16?/m1/s1. The van der Waals surface area contributed by atoms with Crippen LogP contribution < -0.4 is 5.32 Å². The fraction of sp³-hybridized carbons (Fsp3) is 0.333. The van der Waals surface area contributed by atoms with Gasteiger partial charge in [-0.05, 0) is 16.0 Å². The topological polar surface area (TPSA) is 151 Å². The van der Waals surface area contributed by atoms with Crippen molar-refractivity contribution in [2.45, 2.75) is 28.4 Å². The van der Waals surface area contributed by atoms with Gasteiger partial charge in [0.15, 0.2) is 6.10 Å². The number of aromatic nitrogens is 4. The Balaban J connectivity index is 1.61. The van der Waals surface area contributed by atoms with Crippen molar-refractivity contribution in [2.75, 3.05) is 5.75 Å². The van der Waals surface area contributed by atoms with Crippen LogP contribution in [0.2, 0.25) is 0 Å². The van der Waals surface area contributed by atoms with Crippen molar-refractivity contribution in [1.82, 2.24) is 30.4 Å². The first-order valence-electron chi connectivity index (χ1n) is 9.19. The number of carboxylic acid groups (broad SMARTS) is 1. The zero-order valence-electron chi connectivity index (χ0n) is 16.2. The Bertz CT molecular complexity index is 1060. The average Bonchev–Trinajstić information content (AvgIpc) is 3.16. The van der Waals surface area contributed by atoms with Crippen LogP contribution in [0.5, 0.6) is 0 Å². The van der Waals surface area contributed by atoms with E-state index in [1.54, 1.807) is 37.4 Å². The van der Waals surface area contributed by atoms with Gasteiger partial charge in [-0.25, -0.2) is 9.48 Å². The third kappa shape index (κ3) is 4.16. The number of tetrazole rings is 1. The molecule has 13 heteroatoms. The molecule has 4 rings (SSSR count). The lowest BCUT2D eigenvalue weighted by molar-refractivity contribution is -0.146. The van der Waals surface area contributed by atoms with Gasteiger partial charge in [0.1, 0.15) is 11.1 Å². The molecule has 1 aromatic carbocycles. The van der Waals surface area contributed by atoms with E-state index < -0.39 is 23.4 Å². The van der Waals surface area contributed by atoms with Gasteiger partial charge in [-0.15, -0.1) is 16.9 Å². The summed E-state index contributed by atoms with van der Waals surface area (Å²) in [5, 5.41) is 33.5. The Labute approximate surface area is 184 Å². The van der Waals surface area contributed by atoms with Crippen molar-refractivity contribution in [3.8, 4) is 0 Å². The number of carbonyl (C=O) groups is 3. The first-order chi connectivity index (χ1) is 14.9. The minimum atomic E-state index is -1.41. The molecule has 11 nitrogen and oxygen atoms in total. The summed E-state index contributed by atoms with van der Waals surface area (Å²) >= 11 is 2.45. The number of fused-ring (bicyclic) bond motifs is 1. The van der Waals surface area contributed by atoms with Crippen LogP contribution in [0.4, 0.5) is 0 Å². The van der Waals surface area contributed by atoms with Crippen LogP contribution in [0.15, 0.2) is 46.8 Å². The van der Waals surface area contributed by atoms with Gasteiger partial charge in [0.25, 0.3) is 5.91 Å². The molecule has 1 saturated heterocycles. The number of rotatable bonds is 7. The minimum Gasteiger partial charge on any atom is -0.477 e. The molecule has 1 aromatic heterocycles. The lowest BCUT2D eigenvalue weighted by Crippen LogP contribution is -2.57. The summed E-state index contributed by atoms with van der Waals surface area (Å²) in [5.41, 5.74) is 0.607. The molecule has 1 unspecified atom stereocenters. The van der Waals surface area contributed by atoms with E-state index in [0.29, 0.717) is 16.3 Å². The van der Waals surface area contributed by atoms with E-state index in [1.165, 1.54) is 33.1 Å². The fourth-order valence-electron chi connectivity index (χ4n) is 3.27. The molecule has 3 N–H and O–H groups in total. The van der Waals surface area contributed by atoms with E-state index >= 15 is 0 Å². The summed E-state index contributed by atoms with van der Waals surface area (Å²) in [6.07, 6.45) is -1.23. The Morgan fingerprint density at radius 2 is 2.10 bits per heavy atom. The van der Waals surface area contributed by atoms with Crippen LogP contribution in [-0.2, 0) is 21.4 Å². The van der Waals surface area contributed by atoms with Gasteiger partial charge in [0.2, 0.25) is 11.1 Å². The number of aliphatic carboxylic acids is 1. The highest BCUT2D eigenvalue weighted by Crippen LogP contribution is 2.44. The van der Waals surface area contributed by atoms with E-state index in [-0.39, 0.29) is 29.2 Å². The molecule has 3 atom stereocenters. The summed E-state index contributed by atoms with van der Waals surface area (Å²) in [6, 6.07) is 8.44. The Morgan fingerprint density at radius 3 is 2.71 bits per heavy atom. The summed E-state index contributed by atoms with van der Waals surface area (Å²) < 4.78 is 1.44. The summed E-state index contributed by atoms with van der Waals surface area (Å²) in [4.78, 5) is 38.1. The van der Waals surface area contributed by atoms with Gasteiger partial charge < -0.3 is 15.5 Å². The summed E-state index contributed by atoms with van der Waals surface area (Å²) in [5.74, 6) is -2.07. The largest absolute Gasteiger partial charge is 0.477 e. The Kier molecular flexibility index (Phi) is 5.98. The average molecular weight is 463 g/mol. The van der Waals surface area contributed by atoms with Crippen molar-refractivity contribution in [2.24, 2.45) is 7.05 Å². The lowest BCUT2D eigenvalue weighted by Gasteiger charge is -2.46. The van der Waals surface area contributed by atoms with Gasteiger partial charge in [0.05, 0.1) is 11.8 Å². The van der Waals surface area contributed by atoms with Crippen LogP contribution in [0.25, 0.3) is 0 Å². The molecule has 0 radical (unpaired) electrons. The number of hydrogen-bond donors (Lipinski definition) is 3. The van der Waals surface area contributed by atoms with Crippen LogP contribution in [0.3, 0.4) is 0 Å². The second-order valence-electron chi connectivity index (χ2n) is 6.81. The number of amides is 2. The zero-order chi connectivity index (χ0) is 22.1. The minimum absolute atomic E-state index is 0.131. The zero-order valence-corrected chi connectivity index (χ0v) is 17.8. The monoisotopic (exact) mass is 462 g/mol. The number of aryl methyl sites for hydroxylation is 1. The van der Waals surface area contributed by atoms with Crippen molar-refractivity contribution in [3.05, 3.63) is 47.2 Å². The number of aliphatic hydroxyl groups excluding tert-OH is 1. The number of aliphatic hydroxyl groups is 1. The molecule has 162 valence electrons. The van der Waals surface area contributed by atoms with Crippen LogP contribution in [-0.4, -0.2) is 69.6 Å². The lowest BCUT2D eigenvalue weighted by atomic mass is 10.1. The van der Waals surface area contributed by atoms with Gasteiger partial charge in [-0.3, -0.25) is 14.5 Å². The number of nitrogens with one attached hydrogen (secondary N) is 1. The molecule has 2 aromatic rings.